The first-order chi connectivity index (χ1) is 14.3. The van der Waals surface area contributed by atoms with E-state index in [4.69, 9.17) is 11.2 Å². The molecule has 31 heavy (non-hydrogen) atoms. The molecule has 2 aromatic rings. The number of carbonyl (C=O) groups is 1. The molecule has 2 nitrogen and oxygen atoms in total. The van der Waals surface area contributed by atoms with Gasteiger partial charge in [-0.25, -0.2) is 8.78 Å². The Bertz CT molecular complexity index is 885. The SMILES string of the molecule is C#Cc1ccc(OC(CC(C)C)C(C)=O)cc1C(C)(F)F.Cc1ccc(C(C)C)cc1. The minimum atomic E-state index is -3.06. The van der Waals surface area contributed by atoms with E-state index < -0.39 is 12.0 Å². The van der Waals surface area contributed by atoms with Crippen molar-refractivity contribution in [1.29, 1.82) is 0 Å². The molecule has 0 aliphatic rings. The van der Waals surface area contributed by atoms with Crippen LogP contribution in [0.5, 0.6) is 5.75 Å². The lowest BCUT2D eigenvalue weighted by molar-refractivity contribution is -0.124. The lowest BCUT2D eigenvalue weighted by Gasteiger charge is -2.20. The molecule has 0 radical (unpaired) electrons. The van der Waals surface area contributed by atoms with Crippen molar-refractivity contribution in [3.05, 3.63) is 64.7 Å². The zero-order chi connectivity index (χ0) is 23.8. The Labute approximate surface area is 186 Å². The third-order valence-corrected chi connectivity index (χ3v) is 4.78. The fraction of sp³-hybridized carbons (Fsp3) is 0.444. The number of rotatable bonds is 7. The molecule has 2 aromatic carbocycles. The van der Waals surface area contributed by atoms with Gasteiger partial charge >= 0.3 is 0 Å². The van der Waals surface area contributed by atoms with E-state index in [0.717, 1.165) is 6.92 Å². The van der Waals surface area contributed by atoms with E-state index >= 15 is 0 Å². The lowest BCUT2D eigenvalue weighted by atomic mass is 10.0. The van der Waals surface area contributed by atoms with Crippen molar-refractivity contribution in [2.24, 2.45) is 5.92 Å². The van der Waals surface area contributed by atoms with E-state index in [2.05, 4.69) is 51.0 Å². The van der Waals surface area contributed by atoms with Crippen LogP contribution in [0.25, 0.3) is 0 Å². The largest absolute Gasteiger partial charge is 0.483 e. The number of ether oxygens (including phenoxy) is 1. The zero-order valence-corrected chi connectivity index (χ0v) is 19.6. The molecule has 0 aliphatic heterocycles. The molecule has 0 saturated carbocycles. The van der Waals surface area contributed by atoms with Crippen molar-refractivity contribution in [1.82, 2.24) is 0 Å². The predicted molar refractivity (Wildman–Crippen MR) is 124 cm³/mol. The molecule has 0 aliphatic carbocycles. The van der Waals surface area contributed by atoms with Crippen molar-refractivity contribution in [3.63, 3.8) is 0 Å². The molecular weight excluding hydrogens is 394 g/mol. The molecule has 0 amide bonds. The summed E-state index contributed by atoms with van der Waals surface area (Å²) in [6.07, 6.45) is 5.13. The van der Waals surface area contributed by atoms with Crippen LogP contribution in [-0.2, 0) is 10.7 Å². The molecule has 0 fully saturated rings. The first-order valence-electron chi connectivity index (χ1n) is 10.6. The number of hydrogen-bond acceptors (Lipinski definition) is 2. The van der Waals surface area contributed by atoms with Crippen molar-refractivity contribution in [2.75, 3.05) is 0 Å². The molecule has 1 atom stereocenters. The smallest absolute Gasteiger partial charge is 0.271 e. The standard InChI is InChI=1S/C17H20F2O2.C10H14/c1-6-13-7-8-14(10-15(13)17(5,18)19)21-16(12(4)20)9-11(2)3;1-8(2)10-6-4-9(3)5-7-10/h1,7-8,10-11,16H,9H2,2-5H3;4-8H,1-3H3. The Kier molecular flexibility index (Phi) is 9.91. The van der Waals surface area contributed by atoms with Gasteiger partial charge in [0.05, 0.1) is 0 Å². The number of hydrogen-bond donors (Lipinski definition) is 0. The molecule has 0 aromatic heterocycles. The molecule has 0 saturated heterocycles. The van der Waals surface area contributed by atoms with Gasteiger partial charge in [-0.3, -0.25) is 4.79 Å². The monoisotopic (exact) mass is 428 g/mol. The normalized spacial score (nSPS) is 12.1. The van der Waals surface area contributed by atoms with E-state index in [-0.39, 0.29) is 28.6 Å². The van der Waals surface area contributed by atoms with Gasteiger partial charge in [-0.15, -0.1) is 6.42 Å². The molecule has 0 N–H and O–H groups in total. The van der Waals surface area contributed by atoms with Crippen LogP contribution in [0, 0.1) is 25.2 Å². The van der Waals surface area contributed by atoms with Gasteiger partial charge in [-0.1, -0.05) is 63.4 Å². The van der Waals surface area contributed by atoms with Crippen LogP contribution in [0.1, 0.15) is 76.1 Å². The van der Waals surface area contributed by atoms with Crippen LogP contribution in [0.15, 0.2) is 42.5 Å². The van der Waals surface area contributed by atoms with Crippen molar-refractivity contribution < 1.29 is 18.3 Å². The second-order valence-corrected chi connectivity index (χ2v) is 8.65. The lowest BCUT2D eigenvalue weighted by Crippen LogP contribution is -2.27. The van der Waals surface area contributed by atoms with Crippen LogP contribution in [0.4, 0.5) is 8.78 Å². The Morgan fingerprint density at radius 1 is 1.10 bits per heavy atom. The Morgan fingerprint density at radius 2 is 1.68 bits per heavy atom. The first-order valence-corrected chi connectivity index (χ1v) is 10.6. The maximum Gasteiger partial charge on any atom is 0.271 e. The predicted octanol–water partition coefficient (Wildman–Crippen LogP) is 7.28. The Morgan fingerprint density at radius 3 is 2.10 bits per heavy atom. The second-order valence-electron chi connectivity index (χ2n) is 8.65. The van der Waals surface area contributed by atoms with E-state index in [9.17, 15) is 13.6 Å². The van der Waals surface area contributed by atoms with E-state index in [0.29, 0.717) is 12.3 Å². The van der Waals surface area contributed by atoms with Gasteiger partial charge in [0.25, 0.3) is 5.92 Å². The van der Waals surface area contributed by atoms with Crippen LogP contribution in [0.3, 0.4) is 0 Å². The summed E-state index contributed by atoms with van der Waals surface area (Å²) < 4.78 is 32.7. The average Bonchev–Trinajstić information content (AvgIpc) is 2.67. The zero-order valence-electron chi connectivity index (χ0n) is 19.6. The van der Waals surface area contributed by atoms with Crippen molar-refractivity contribution in [2.45, 2.75) is 72.8 Å². The van der Waals surface area contributed by atoms with Crippen LogP contribution in [-0.4, -0.2) is 11.9 Å². The maximum absolute atomic E-state index is 13.6. The fourth-order valence-corrected chi connectivity index (χ4v) is 2.93. The minimum Gasteiger partial charge on any atom is -0.483 e. The van der Waals surface area contributed by atoms with Gasteiger partial charge in [0.1, 0.15) is 5.75 Å². The second kappa shape index (κ2) is 11.6. The minimum absolute atomic E-state index is 0.123. The number of aryl methyl sites for hydroxylation is 1. The molecule has 1 unspecified atom stereocenters. The van der Waals surface area contributed by atoms with Gasteiger partial charge in [0.2, 0.25) is 0 Å². The highest BCUT2D eigenvalue weighted by Gasteiger charge is 2.28. The molecule has 0 spiro atoms. The molecule has 0 heterocycles. The Hall–Kier alpha value is -2.67. The fourth-order valence-electron chi connectivity index (χ4n) is 2.93. The molecule has 2 rings (SSSR count). The highest BCUT2D eigenvalue weighted by Crippen LogP contribution is 2.33. The first kappa shape index (κ1) is 26.4. The highest BCUT2D eigenvalue weighted by atomic mass is 19.3. The average molecular weight is 429 g/mol. The van der Waals surface area contributed by atoms with E-state index in [1.54, 1.807) is 0 Å². The number of carbonyl (C=O) groups excluding carboxylic acids is 1. The van der Waals surface area contributed by atoms with Gasteiger partial charge in [0.15, 0.2) is 11.9 Å². The van der Waals surface area contributed by atoms with Crippen LogP contribution < -0.4 is 4.74 Å². The number of ketones is 1. The molecule has 4 heteroatoms. The van der Waals surface area contributed by atoms with Crippen LogP contribution >= 0.6 is 0 Å². The molecular formula is C27H34F2O2. The third kappa shape index (κ3) is 8.92. The van der Waals surface area contributed by atoms with Gasteiger partial charge < -0.3 is 4.74 Å². The maximum atomic E-state index is 13.6. The topological polar surface area (TPSA) is 26.3 Å². The van der Waals surface area contributed by atoms with Crippen molar-refractivity contribution in [3.8, 4) is 18.1 Å². The van der Waals surface area contributed by atoms with E-state index in [1.165, 1.54) is 36.2 Å². The summed E-state index contributed by atoms with van der Waals surface area (Å²) in [5.41, 5.74) is 2.61. The number of Topliss-reactive ketones (excluding diaryl/α,β-unsaturated/α-hetero) is 1. The molecule has 0 bridgehead atoms. The summed E-state index contributed by atoms with van der Waals surface area (Å²) >= 11 is 0. The summed E-state index contributed by atoms with van der Waals surface area (Å²) in [6, 6.07) is 12.9. The summed E-state index contributed by atoms with van der Waals surface area (Å²) in [4.78, 5) is 11.6. The van der Waals surface area contributed by atoms with Crippen molar-refractivity contribution >= 4 is 5.78 Å². The number of terminal acetylenes is 1. The summed E-state index contributed by atoms with van der Waals surface area (Å²) in [7, 11) is 0. The number of alkyl halides is 2. The van der Waals surface area contributed by atoms with Crippen LogP contribution in [0.2, 0.25) is 0 Å². The summed E-state index contributed by atoms with van der Waals surface area (Å²) in [5, 5.41) is 0. The summed E-state index contributed by atoms with van der Waals surface area (Å²) in [6.45, 7) is 12.7. The third-order valence-electron chi connectivity index (χ3n) is 4.78. The van der Waals surface area contributed by atoms with Gasteiger partial charge in [-0.05, 0) is 55.9 Å². The van der Waals surface area contributed by atoms with E-state index in [1.807, 2.05) is 13.8 Å². The Balaban J connectivity index is 0.000000399. The summed E-state index contributed by atoms with van der Waals surface area (Å²) in [5.74, 6) is 0.182. The van der Waals surface area contributed by atoms with Gasteiger partial charge in [0, 0.05) is 18.1 Å². The number of halogens is 2. The van der Waals surface area contributed by atoms with Gasteiger partial charge in [-0.2, -0.15) is 0 Å². The molecule has 168 valence electrons. The number of benzene rings is 2. The highest BCUT2D eigenvalue weighted by molar-refractivity contribution is 5.80. The quantitative estimate of drug-likeness (QED) is 0.433.